The first-order valence-corrected chi connectivity index (χ1v) is 10.1. The van der Waals surface area contributed by atoms with E-state index in [1.165, 1.54) is 11.3 Å². The zero-order valence-electron chi connectivity index (χ0n) is 13.5. The van der Waals surface area contributed by atoms with Gasteiger partial charge < -0.3 is 4.98 Å². The van der Waals surface area contributed by atoms with Gasteiger partial charge in [0.25, 0.3) is 10.0 Å². The Morgan fingerprint density at radius 3 is 2.72 bits per heavy atom. The minimum absolute atomic E-state index is 0.302. The zero-order chi connectivity index (χ0) is 17.4. The topological polar surface area (TPSA) is 62.0 Å². The highest BCUT2D eigenvalue weighted by Crippen LogP contribution is 2.32. The Labute approximate surface area is 150 Å². The van der Waals surface area contributed by atoms with Crippen molar-refractivity contribution in [3.63, 3.8) is 0 Å². The largest absolute Gasteiger partial charge is 0.361 e. The molecular weight excluding hydrogens is 352 g/mol. The zero-order valence-corrected chi connectivity index (χ0v) is 15.1. The number of fused-ring (bicyclic) bond motifs is 1. The summed E-state index contributed by atoms with van der Waals surface area (Å²) in [6, 6.07) is 17.0. The maximum absolute atomic E-state index is 12.6. The second-order valence-electron chi connectivity index (χ2n) is 5.85. The number of aromatic amines is 1. The van der Waals surface area contributed by atoms with Crippen molar-refractivity contribution < 1.29 is 8.42 Å². The predicted molar refractivity (Wildman–Crippen MR) is 104 cm³/mol. The Balaban J connectivity index is 1.64. The number of rotatable bonds is 4. The van der Waals surface area contributed by atoms with E-state index in [2.05, 4.69) is 15.8 Å². The lowest BCUT2D eigenvalue weighted by atomic mass is 10.1. The van der Waals surface area contributed by atoms with Crippen LogP contribution in [0.2, 0.25) is 0 Å². The molecule has 126 valence electrons. The first kappa shape index (κ1) is 15.9. The molecule has 2 heterocycles. The van der Waals surface area contributed by atoms with E-state index >= 15 is 0 Å². The smallest absolute Gasteiger partial charge is 0.262 e. The van der Waals surface area contributed by atoms with Gasteiger partial charge in [0.15, 0.2) is 0 Å². The van der Waals surface area contributed by atoms with E-state index in [4.69, 9.17) is 0 Å². The van der Waals surface area contributed by atoms with Gasteiger partial charge in [0.1, 0.15) is 0 Å². The summed E-state index contributed by atoms with van der Waals surface area (Å²) < 4.78 is 27.9. The Hall–Kier alpha value is -2.57. The van der Waals surface area contributed by atoms with Gasteiger partial charge in [-0.15, -0.1) is 11.3 Å². The van der Waals surface area contributed by atoms with Gasteiger partial charge in [-0.1, -0.05) is 24.3 Å². The Morgan fingerprint density at radius 1 is 1.04 bits per heavy atom. The summed E-state index contributed by atoms with van der Waals surface area (Å²) in [6.45, 7) is 1.79. The van der Waals surface area contributed by atoms with Crippen molar-refractivity contribution in [1.82, 2.24) is 4.98 Å². The molecule has 0 aliphatic rings. The van der Waals surface area contributed by atoms with E-state index in [0.29, 0.717) is 10.6 Å². The van der Waals surface area contributed by atoms with Crippen molar-refractivity contribution in [2.75, 3.05) is 4.72 Å². The van der Waals surface area contributed by atoms with Crippen LogP contribution in [0.5, 0.6) is 0 Å². The number of anilines is 1. The van der Waals surface area contributed by atoms with Crippen LogP contribution in [-0.4, -0.2) is 13.4 Å². The monoisotopic (exact) mass is 368 g/mol. The van der Waals surface area contributed by atoms with Crippen LogP contribution in [-0.2, 0) is 10.0 Å². The molecule has 6 heteroatoms. The normalized spacial score (nSPS) is 11.7. The molecular formula is C19H16N2O2S2. The van der Waals surface area contributed by atoms with E-state index < -0.39 is 10.0 Å². The van der Waals surface area contributed by atoms with Crippen LogP contribution >= 0.6 is 11.3 Å². The fourth-order valence-corrected chi connectivity index (χ4v) is 5.02. The van der Waals surface area contributed by atoms with E-state index in [0.717, 1.165) is 26.9 Å². The third-order valence-corrected chi connectivity index (χ3v) is 6.59. The van der Waals surface area contributed by atoms with Crippen molar-refractivity contribution in [2.24, 2.45) is 0 Å². The van der Waals surface area contributed by atoms with Gasteiger partial charge in [-0.3, -0.25) is 4.72 Å². The molecule has 0 aliphatic carbocycles. The van der Waals surface area contributed by atoms with Crippen LogP contribution in [0.3, 0.4) is 0 Å². The molecule has 4 aromatic rings. The molecule has 0 amide bonds. The Morgan fingerprint density at radius 2 is 1.88 bits per heavy atom. The number of benzene rings is 2. The third-order valence-electron chi connectivity index (χ3n) is 4.07. The van der Waals surface area contributed by atoms with Crippen LogP contribution in [0, 0.1) is 6.92 Å². The van der Waals surface area contributed by atoms with Gasteiger partial charge in [0.05, 0.1) is 10.6 Å². The molecule has 0 bridgehead atoms. The van der Waals surface area contributed by atoms with Crippen LogP contribution in [0.1, 0.15) is 5.56 Å². The van der Waals surface area contributed by atoms with Crippen LogP contribution < -0.4 is 4.72 Å². The number of hydrogen-bond acceptors (Lipinski definition) is 3. The summed E-state index contributed by atoms with van der Waals surface area (Å²) in [5.41, 5.74) is 3.46. The minimum atomic E-state index is -3.59. The highest BCUT2D eigenvalue weighted by atomic mass is 32.2. The maximum atomic E-state index is 12.6. The second kappa shape index (κ2) is 6.06. The molecule has 25 heavy (non-hydrogen) atoms. The third kappa shape index (κ3) is 3.06. The van der Waals surface area contributed by atoms with E-state index in [9.17, 15) is 8.42 Å². The minimum Gasteiger partial charge on any atom is -0.361 e. The number of aromatic nitrogens is 1. The number of thiophene rings is 1. The quantitative estimate of drug-likeness (QED) is 0.532. The van der Waals surface area contributed by atoms with Crippen molar-refractivity contribution in [1.29, 1.82) is 0 Å². The summed E-state index contributed by atoms with van der Waals surface area (Å²) in [5, 5.41) is 2.96. The molecule has 0 saturated carbocycles. The number of H-pyrrole nitrogens is 1. The highest BCUT2D eigenvalue weighted by molar-refractivity contribution is 7.92. The Bertz CT molecular complexity index is 1160. The van der Waals surface area contributed by atoms with Crippen molar-refractivity contribution >= 4 is 38.0 Å². The summed E-state index contributed by atoms with van der Waals surface area (Å²) >= 11 is 1.52. The lowest BCUT2D eigenvalue weighted by molar-refractivity contribution is 0.600. The van der Waals surface area contributed by atoms with Gasteiger partial charge in [-0.05, 0) is 53.8 Å². The maximum Gasteiger partial charge on any atom is 0.262 e. The number of nitrogens with one attached hydrogen (secondary N) is 2. The molecule has 0 fully saturated rings. The summed E-state index contributed by atoms with van der Waals surface area (Å²) in [7, 11) is -3.59. The fourth-order valence-electron chi connectivity index (χ4n) is 2.82. The first-order valence-electron chi connectivity index (χ1n) is 7.77. The molecule has 0 aliphatic heterocycles. The van der Waals surface area contributed by atoms with E-state index in [-0.39, 0.29) is 0 Å². The molecule has 0 saturated heterocycles. The van der Waals surface area contributed by atoms with Gasteiger partial charge in [-0.25, -0.2) is 8.42 Å². The van der Waals surface area contributed by atoms with Crippen LogP contribution in [0.15, 0.2) is 71.1 Å². The number of aryl methyl sites for hydroxylation is 1. The van der Waals surface area contributed by atoms with Gasteiger partial charge in [-0.2, -0.15) is 0 Å². The summed E-state index contributed by atoms with van der Waals surface area (Å²) in [6.07, 6.45) is 1.91. The first-order chi connectivity index (χ1) is 12.0. The van der Waals surface area contributed by atoms with Crippen molar-refractivity contribution in [3.8, 4) is 10.4 Å². The molecule has 0 spiro atoms. The Kier molecular flexibility index (Phi) is 3.86. The summed E-state index contributed by atoms with van der Waals surface area (Å²) in [4.78, 5) is 4.49. The molecule has 4 rings (SSSR count). The highest BCUT2D eigenvalue weighted by Gasteiger charge is 2.17. The molecule has 4 nitrogen and oxygen atoms in total. The fraction of sp³-hybridized carbons (Fsp3) is 0.0526. The van der Waals surface area contributed by atoms with Crippen LogP contribution in [0.4, 0.5) is 5.69 Å². The van der Waals surface area contributed by atoms with Crippen molar-refractivity contribution in [2.45, 2.75) is 11.8 Å². The summed E-state index contributed by atoms with van der Waals surface area (Å²) in [5.74, 6) is 0. The van der Waals surface area contributed by atoms with E-state index in [1.54, 1.807) is 25.1 Å². The van der Waals surface area contributed by atoms with Gasteiger partial charge in [0, 0.05) is 22.0 Å². The number of sulfonamides is 1. The van der Waals surface area contributed by atoms with Gasteiger partial charge >= 0.3 is 0 Å². The average molecular weight is 368 g/mol. The molecule has 2 aromatic carbocycles. The molecule has 0 atom stereocenters. The van der Waals surface area contributed by atoms with Crippen molar-refractivity contribution in [3.05, 3.63) is 71.7 Å². The number of hydrogen-bond donors (Lipinski definition) is 2. The average Bonchev–Trinajstić information content (AvgIpc) is 3.23. The van der Waals surface area contributed by atoms with Crippen LogP contribution in [0.25, 0.3) is 21.3 Å². The second-order valence-corrected chi connectivity index (χ2v) is 8.41. The molecule has 2 N–H and O–H groups in total. The van der Waals surface area contributed by atoms with Gasteiger partial charge in [0.2, 0.25) is 0 Å². The lowest BCUT2D eigenvalue weighted by Crippen LogP contribution is -2.13. The predicted octanol–water partition coefficient (Wildman–Crippen LogP) is 5.01. The standard InChI is InChI=1S/C19H16N2O2S2/c1-13-4-2-3-5-19(13)25(22,23)21-16-11-18(24-12-16)15-6-7-17-14(10-15)8-9-20-17/h2-12,20-21H,1H3. The lowest BCUT2D eigenvalue weighted by Gasteiger charge is -2.08. The molecule has 0 radical (unpaired) electrons. The SMILES string of the molecule is Cc1ccccc1S(=O)(=O)Nc1csc(-c2ccc3[nH]ccc3c2)c1. The molecule has 2 aromatic heterocycles. The molecule has 0 unspecified atom stereocenters. The van der Waals surface area contributed by atoms with E-state index in [1.807, 2.05) is 41.9 Å².